The second-order valence-corrected chi connectivity index (χ2v) is 6.94. The molecule has 132 valence electrons. The van der Waals surface area contributed by atoms with Crippen LogP contribution in [0.3, 0.4) is 0 Å². The molecule has 1 aliphatic heterocycles. The summed E-state index contributed by atoms with van der Waals surface area (Å²) in [7, 11) is 3.56. The van der Waals surface area contributed by atoms with E-state index in [0.29, 0.717) is 0 Å². The third-order valence-electron chi connectivity index (χ3n) is 4.49. The lowest BCUT2D eigenvalue weighted by atomic mass is 10.0. The Bertz CT molecular complexity index is 715. The standard InChI is InChI=1S/C21H26N2O2/c1-16-13-23(15-20(25-16)18-9-5-4-6-10-18)14-17-8-7-11-19(12-17)21(24)22(2)3/h4-12,16,20H,13-15H2,1-3H3/t16-,20+/m0/s1. The van der Waals surface area contributed by atoms with E-state index in [1.54, 1.807) is 19.0 Å². The number of hydrogen-bond acceptors (Lipinski definition) is 3. The van der Waals surface area contributed by atoms with Crippen LogP contribution in [-0.2, 0) is 11.3 Å². The Hall–Kier alpha value is -2.17. The number of carbonyl (C=O) groups excluding carboxylic acids is 1. The molecule has 1 fully saturated rings. The van der Waals surface area contributed by atoms with E-state index in [-0.39, 0.29) is 18.1 Å². The summed E-state index contributed by atoms with van der Waals surface area (Å²) in [5.74, 6) is 0.0411. The zero-order valence-electron chi connectivity index (χ0n) is 15.2. The highest BCUT2D eigenvalue weighted by Gasteiger charge is 2.26. The highest BCUT2D eigenvalue weighted by molar-refractivity contribution is 5.94. The molecule has 1 saturated heterocycles. The van der Waals surface area contributed by atoms with Gasteiger partial charge >= 0.3 is 0 Å². The van der Waals surface area contributed by atoms with Gasteiger partial charge in [-0.15, -0.1) is 0 Å². The van der Waals surface area contributed by atoms with E-state index in [2.05, 4.69) is 42.2 Å². The molecule has 1 aliphatic rings. The summed E-state index contributed by atoms with van der Waals surface area (Å²) in [5.41, 5.74) is 3.12. The summed E-state index contributed by atoms with van der Waals surface area (Å²) in [5, 5.41) is 0. The smallest absolute Gasteiger partial charge is 0.253 e. The first-order valence-electron chi connectivity index (χ1n) is 8.76. The van der Waals surface area contributed by atoms with E-state index in [1.165, 1.54) is 5.56 Å². The summed E-state index contributed by atoms with van der Waals surface area (Å²) >= 11 is 0. The maximum absolute atomic E-state index is 12.2. The van der Waals surface area contributed by atoms with Crippen LogP contribution in [-0.4, -0.2) is 49.0 Å². The van der Waals surface area contributed by atoms with Crippen LogP contribution in [0.2, 0.25) is 0 Å². The van der Waals surface area contributed by atoms with Crippen molar-refractivity contribution in [2.24, 2.45) is 0 Å². The fourth-order valence-corrected chi connectivity index (χ4v) is 3.34. The van der Waals surface area contributed by atoms with Crippen molar-refractivity contribution >= 4 is 5.91 Å². The second-order valence-electron chi connectivity index (χ2n) is 6.94. The molecule has 0 saturated carbocycles. The number of amides is 1. The summed E-state index contributed by atoms with van der Waals surface area (Å²) in [6.07, 6.45) is 0.280. The van der Waals surface area contributed by atoms with Gasteiger partial charge in [-0.2, -0.15) is 0 Å². The molecule has 4 nitrogen and oxygen atoms in total. The van der Waals surface area contributed by atoms with Gasteiger partial charge in [-0.1, -0.05) is 42.5 Å². The molecule has 3 rings (SSSR count). The highest BCUT2D eigenvalue weighted by atomic mass is 16.5. The number of hydrogen-bond donors (Lipinski definition) is 0. The van der Waals surface area contributed by atoms with Crippen molar-refractivity contribution in [3.8, 4) is 0 Å². The SMILES string of the molecule is C[C@H]1CN(Cc2cccc(C(=O)N(C)C)c2)C[C@H](c2ccccc2)O1. The second kappa shape index (κ2) is 7.81. The number of rotatable bonds is 4. The van der Waals surface area contributed by atoms with Crippen LogP contribution in [0.5, 0.6) is 0 Å². The number of ether oxygens (including phenoxy) is 1. The molecule has 0 spiro atoms. The van der Waals surface area contributed by atoms with Crippen LogP contribution in [0.1, 0.15) is 34.5 Å². The van der Waals surface area contributed by atoms with E-state index in [9.17, 15) is 4.79 Å². The Morgan fingerprint density at radius 3 is 2.60 bits per heavy atom. The fourth-order valence-electron chi connectivity index (χ4n) is 3.34. The number of benzene rings is 2. The van der Waals surface area contributed by atoms with Gasteiger partial charge in [0.25, 0.3) is 5.91 Å². The van der Waals surface area contributed by atoms with Gasteiger partial charge in [-0.25, -0.2) is 0 Å². The molecule has 2 aromatic carbocycles. The first kappa shape index (κ1) is 17.6. The minimum atomic E-state index is 0.0411. The molecular weight excluding hydrogens is 312 g/mol. The monoisotopic (exact) mass is 338 g/mol. The van der Waals surface area contributed by atoms with Crippen molar-refractivity contribution < 1.29 is 9.53 Å². The van der Waals surface area contributed by atoms with E-state index in [1.807, 2.05) is 24.3 Å². The number of morpholine rings is 1. The van der Waals surface area contributed by atoms with Crippen LogP contribution < -0.4 is 0 Å². The molecular formula is C21H26N2O2. The topological polar surface area (TPSA) is 32.8 Å². The van der Waals surface area contributed by atoms with Gasteiger partial charge < -0.3 is 9.64 Å². The maximum Gasteiger partial charge on any atom is 0.253 e. The molecule has 0 N–H and O–H groups in total. The highest BCUT2D eigenvalue weighted by Crippen LogP contribution is 2.26. The van der Waals surface area contributed by atoms with Crippen LogP contribution in [0.25, 0.3) is 0 Å². The van der Waals surface area contributed by atoms with Crippen molar-refractivity contribution in [1.82, 2.24) is 9.80 Å². The normalized spacial score (nSPS) is 21.1. The van der Waals surface area contributed by atoms with Crippen LogP contribution >= 0.6 is 0 Å². The van der Waals surface area contributed by atoms with E-state index in [0.717, 1.165) is 30.8 Å². The Kier molecular flexibility index (Phi) is 5.51. The van der Waals surface area contributed by atoms with Crippen molar-refractivity contribution in [3.05, 3.63) is 71.3 Å². The molecule has 1 amide bonds. The van der Waals surface area contributed by atoms with Crippen molar-refractivity contribution in [3.63, 3.8) is 0 Å². The predicted octanol–water partition coefficient (Wildman–Crippen LogP) is 3.35. The molecule has 1 heterocycles. The van der Waals surface area contributed by atoms with Gasteiger partial charge in [0, 0.05) is 39.3 Å². The Morgan fingerprint density at radius 2 is 1.88 bits per heavy atom. The van der Waals surface area contributed by atoms with E-state index >= 15 is 0 Å². The number of nitrogens with zero attached hydrogens (tertiary/aromatic N) is 2. The van der Waals surface area contributed by atoms with Gasteiger partial charge in [-0.3, -0.25) is 9.69 Å². The Morgan fingerprint density at radius 1 is 1.12 bits per heavy atom. The van der Waals surface area contributed by atoms with Gasteiger partial charge in [0.05, 0.1) is 12.2 Å². The molecule has 25 heavy (non-hydrogen) atoms. The molecule has 4 heteroatoms. The molecule has 0 aliphatic carbocycles. The average molecular weight is 338 g/mol. The molecule has 0 bridgehead atoms. The Labute approximate surface area is 150 Å². The minimum absolute atomic E-state index is 0.0411. The summed E-state index contributed by atoms with van der Waals surface area (Å²) < 4.78 is 6.13. The molecule has 2 aromatic rings. The van der Waals surface area contributed by atoms with Gasteiger partial charge in [0.1, 0.15) is 0 Å². The summed E-state index contributed by atoms with van der Waals surface area (Å²) in [6, 6.07) is 18.3. The minimum Gasteiger partial charge on any atom is -0.368 e. The first-order chi connectivity index (χ1) is 12.0. The third kappa shape index (κ3) is 4.47. The lowest BCUT2D eigenvalue weighted by Gasteiger charge is -2.37. The van der Waals surface area contributed by atoms with Crippen molar-refractivity contribution in [2.75, 3.05) is 27.2 Å². The predicted molar refractivity (Wildman–Crippen MR) is 99.5 cm³/mol. The van der Waals surface area contributed by atoms with Crippen molar-refractivity contribution in [2.45, 2.75) is 25.7 Å². The Balaban J connectivity index is 1.72. The zero-order valence-corrected chi connectivity index (χ0v) is 15.2. The van der Waals surface area contributed by atoms with Crippen LogP contribution in [0.4, 0.5) is 0 Å². The fraction of sp³-hybridized carbons (Fsp3) is 0.381. The zero-order chi connectivity index (χ0) is 17.8. The first-order valence-corrected chi connectivity index (χ1v) is 8.76. The maximum atomic E-state index is 12.2. The summed E-state index contributed by atoms with van der Waals surface area (Å²) in [4.78, 5) is 16.2. The van der Waals surface area contributed by atoms with Gasteiger partial charge in [0.15, 0.2) is 0 Å². The van der Waals surface area contributed by atoms with E-state index < -0.39 is 0 Å². The van der Waals surface area contributed by atoms with Crippen molar-refractivity contribution in [1.29, 1.82) is 0 Å². The quantitative estimate of drug-likeness (QED) is 0.857. The molecule has 0 aromatic heterocycles. The molecule has 2 atom stereocenters. The van der Waals surface area contributed by atoms with Gasteiger partial charge in [0.2, 0.25) is 0 Å². The largest absolute Gasteiger partial charge is 0.368 e. The number of carbonyl (C=O) groups is 1. The molecule has 0 unspecified atom stereocenters. The van der Waals surface area contributed by atoms with E-state index in [4.69, 9.17) is 4.74 Å². The average Bonchev–Trinajstić information content (AvgIpc) is 2.61. The van der Waals surface area contributed by atoms with Crippen LogP contribution in [0.15, 0.2) is 54.6 Å². The lowest BCUT2D eigenvalue weighted by Crippen LogP contribution is -2.42. The third-order valence-corrected chi connectivity index (χ3v) is 4.49. The molecule has 0 radical (unpaired) electrons. The lowest BCUT2D eigenvalue weighted by molar-refractivity contribution is -0.0814. The summed E-state index contributed by atoms with van der Waals surface area (Å²) in [6.45, 7) is 4.70. The van der Waals surface area contributed by atoms with Crippen LogP contribution in [0, 0.1) is 0 Å². The van der Waals surface area contributed by atoms with Gasteiger partial charge in [-0.05, 0) is 30.2 Å².